The van der Waals surface area contributed by atoms with Crippen LogP contribution in [0, 0.1) is 0 Å². The lowest BCUT2D eigenvalue weighted by Crippen LogP contribution is -2.14. The van der Waals surface area contributed by atoms with Crippen molar-refractivity contribution in [2.45, 2.75) is 11.3 Å². The van der Waals surface area contributed by atoms with Crippen molar-refractivity contribution in [2.75, 3.05) is 20.3 Å². The van der Waals surface area contributed by atoms with Crippen molar-refractivity contribution in [1.82, 2.24) is 0 Å². The van der Waals surface area contributed by atoms with Crippen LogP contribution < -0.4 is 9.47 Å². The summed E-state index contributed by atoms with van der Waals surface area (Å²) in [7, 11) is 1.21. The van der Waals surface area contributed by atoms with Gasteiger partial charge in [-0.05, 0) is 60.3 Å². The molecule has 0 aliphatic heterocycles. The molecule has 0 aromatic heterocycles. The van der Waals surface area contributed by atoms with Crippen molar-refractivity contribution in [3.05, 3.63) is 78.7 Å². The Morgan fingerprint density at radius 3 is 2.09 bits per heavy atom. The lowest BCUT2D eigenvalue weighted by Gasteiger charge is -2.08. The summed E-state index contributed by atoms with van der Waals surface area (Å²) in [4.78, 5) is 47.2. The van der Waals surface area contributed by atoms with Crippen molar-refractivity contribution >= 4 is 34.8 Å². The number of hydrogen-bond donors (Lipinski definition) is 0. The molecule has 8 nitrogen and oxygen atoms in total. The number of halogens is 1. The van der Waals surface area contributed by atoms with E-state index in [0.29, 0.717) is 16.2 Å². The highest BCUT2D eigenvalue weighted by molar-refractivity contribution is 8.14. The summed E-state index contributed by atoms with van der Waals surface area (Å²) >= 11 is 0.975. The number of carbonyl (C=O) groups is 4. The Morgan fingerprint density at radius 2 is 1.50 bits per heavy atom. The molecule has 0 amide bonds. The summed E-state index contributed by atoms with van der Waals surface area (Å²) in [5.41, 5.74) is 0.381. The van der Waals surface area contributed by atoms with Gasteiger partial charge in [0.2, 0.25) is 10.9 Å². The van der Waals surface area contributed by atoms with Gasteiger partial charge >= 0.3 is 17.9 Å². The van der Waals surface area contributed by atoms with E-state index in [1.165, 1.54) is 19.2 Å². The van der Waals surface area contributed by atoms with Gasteiger partial charge in [0.05, 0.1) is 13.5 Å². The van der Waals surface area contributed by atoms with Crippen LogP contribution in [0.1, 0.15) is 16.8 Å². The van der Waals surface area contributed by atoms with Gasteiger partial charge < -0.3 is 18.9 Å². The minimum absolute atomic E-state index is 0.00796. The smallest absolute Gasteiger partial charge is 0.366 e. The predicted octanol–water partition coefficient (Wildman–Crippen LogP) is 4.05. The first kappa shape index (κ1) is 26.3. The van der Waals surface area contributed by atoms with Crippen LogP contribution in [0.4, 0.5) is 4.39 Å². The van der Waals surface area contributed by atoms with E-state index in [0.717, 1.165) is 11.8 Å². The van der Waals surface area contributed by atoms with E-state index in [2.05, 4.69) is 22.6 Å². The molecule has 0 saturated carbocycles. The fourth-order valence-corrected chi connectivity index (χ4v) is 3.04. The topological polar surface area (TPSA) is 105 Å². The van der Waals surface area contributed by atoms with Gasteiger partial charge in [0.15, 0.2) is 0 Å². The second-order valence-corrected chi connectivity index (χ2v) is 7.57. The van der Waals surface area contributed by atoms with Gasteiger partial charge in [0, 0.05) is 16.0 Å². The zero-order chi connectivity index (χ0) is 25.1. The molecule has 0 N–H and O–H groups in total. The highest BCUT2D eigenvalue weighted by Crippen LogP contribution is 2.26. The molecule has 0 aliphatic carbocycles. The number of thioether (sulfide) groups is 1. The summed E-state index contributed by atoms with van der Waals surface area (Å²) < 4.78 is 32.0. The molecule has 0 spiro atoms. The third-order valence-corrected chi connectivity index (χ3v) is 4.94. The lowest BCUT2D eigenvalue weighted by atomic mass is 10.2. The standard InChI is InChI=1S/C24H21FO8S/c1-15(14-21(26)30-3)22(27)33-19-8-10-20(11-9-19)34-24(29)17-4-6-18(7-5-17)31-12-13-32-23(28)16(2)25/h4-11H,1-2,12-14H2,3H3. The molecular formula is C24H21FO8S. The average molecular weight is 488 g/mol. The van der Waals surface area contributed by atoms with Gasteiger partial charge in [0.1, 0.15) is 24.7 Å². The van der Waals surface area contributed by atoms with Crippen LogP contribution in [0.15, 0.2) is 78.0 Å². The minimum Gasteiger partial charge on any atom is -0.490 e. The van der Waals surface area contributed by atoms with Crippen molar-refractivity contribution < 1.29 is 42.5 Å². The predicted molar refractivity (Wildman–Crippen MR) is 121 cm³/mol. The summed E-state index contributed by atoms with van der Waals surface area (Å²) in [6.45, 7) is 6.19. The van der Waals surface area contributed by atoms with E-state index >= 15 is 0 Å². The number of esters is 3. The van der Waals surface area contributed by atoms with Crippen molar-refractivity contribution in [3.8, 4) is 11.5 Å². The molecule has 178 valence electrons. The van der Waals surface area contributed by atoms with Gasteiger partial charge in [-0.15, -0.1) is 0 Å². The molecule has 0 aliphatic rings. The second-order valence-electron chi connectivity index (χ2n) is 6.52. The van der Waals surface area contributed by atoms with E-state index in [1.54, 1.807) is 36.4 Å². The Hall–Kier alpha value is -3.92. The van der Waals surface area contributed by atoms with E-state index in [-0.39, 0.29) is 36.1 Å². The van der Waals surface area contributed by atoms with Crippen LogP contribution in [0.2, 0.25) is 0 Å². The molecule has 0 atom stereocenters. The van der Waals surface area contributed by atoms with E-state index < -0.39 is 23.7 Å². The van der Waals surface area contributed by atoms with Crippen molar-refractivity contribution in [1.29, 1.82) is 0 Å². The van der Waals surface area contributed by atoms with E-state index in [9.17, 15) is 23.6 Å². The number of methoxy groups -OCH3 is 1. The van der Waals surface area contributed by atoms with Crippen molar-refractivity contribution in [3.63, 3.8) is 0 Å². The Labute approximate surface area is 199 Å². The Balaban J connectivity index is 1.83. The second kappa shape index (κ2) is 12.9. The molecular weight excluding hydrogens is 467 g/mol. The molecule has 0 saturated heterocycles. The summed E-state index contributed by atoms with van der Waals surface area (Å²) in [5, 5.41) is -0.224. The summed E-state index contributed by atoms with van der Waals surface area (Å²) in [6.07, 6.45) is -0.273. The van der Waals surface area contributed by atoms with Crippen LogP contribution in [-0.2, 0) is 23.9 Å². The van der Waals surface area contributed by atoms with Gasteiger partial charge in [-0.1, -0.05) is 13.2 Å². The Kier molecular flexibility index (Phi) is 10.0. The molecule has 0 fully saturated rings. The van der Waals surface area contributed by atoms with Crippen LogP contribution >= 0.6 is 11.8 Å². The average Bonchev–Trinajstić information content (AvgIpc) is 2.82. The van der Waals surface area contributed by atoms with Gasteiger partial charge in [0.25, 0.3) is 0 Å². The van der Waals surface area contributed by atoms with E-state index in [1.807, 2.05) is 0 Å². The maximum atomic E-state index is 12.5. The highest BCUT2D eigenvalue weighted by Gasteiger charge is 2.15. The quantitative estimate of drug-likeness (QED) is 0.152. The van der Waals surface area contributed by atoms with Crippen LogP contribution in [0.3, 0.4) is 0 Å². The molecule has 10 heteroatoms. The molecule has 0 bridgehead atoms. The van der Waals surface area contributed by atoms with Crippen LogP contribution in [0.25, 0.3) is 0 Å². The number of hydrogen-bond acceptors (Lipinski definition) is 9. The molecule has 2 aromatic carbocycles. The SMILES string of the molecule is C=C(F)C(=O)OCCOc1ccc(C(=O)Sc2ccc(OC(=O)C(=C)CC(=O)OC)cc2)cc1. The minimum atomic E-state index is -1.18. The molecule has 2 rings (SSSR count). The maximum absolute atomic E-state index is 12.5. The number of rotatable bonds is 11. The van der Waals surface area contributed by atoms with E-state index in [4.69, 9.17) is 9.47 Å². The fourth-order valence-electron chi connectivity index (χ4n) is 2.30. The zero-order valence-electron chi connectivity index (χ0n) is 18.2. The Morgan fingerprint density at radius 1 is 0.882 bits per heavy atom. The molecule has 0 heterocycles. The zero-order valence-corrected chi connectivity index (χ0v) is 19.0. The number of ether oxygens (including phenoxy) is 4. The Bertz CT molecular complexity index is 1080. The molecule has 0 radical (unpaired) electrons. The monoisotopic (exact) mass is 488 g/mol. The van der Waals surface area contributed by atoms with Gasteiger partial charge in [-0.3, -0.25) is 9.59 Å². The fraction of sp³-hybridized carbons (Fsp3) is 0.167. The normalized spacial score (nSPS) is 10.1. The number of carbonyl (C=O) groups excluding carboxylic acids is 4. The molecule has 0 unspecified atom stereocenters. The maximum Gasteiger partial charge on any atom is 0.366 e. The van der Waals surface area contributed by atoms with Crippen LogP contribution in [0.5, 0.6) is 11.5 Å². The molecule has 34 heavy (non-hydrogen) atoms. The largest absolute Gasteiger partial charge is 0.490 e. The first-order valence-electron chi connectivity index (χ1n) is 9.73. The highest BCUT2D eigenvalue weighted by atomic mass is 32.2. The van der Waals surface area contributed by atoms with Gasteiger partial charge in [-0.25, -0.2) is 9.59 Å². The van der Waals surface area contributed by atoms with Gasteiger partial charge in [-0.2, -0.15) is 4.39 Å². The first-order valence-corrected chi connectivity index (χ1v) is 10.5. The lowest BCUT2D eigenvalue weighted by molar-refractivity contribution is -0.142. The van der Waals surface area contributed by atoms with Crippen LogP contribution in [-0.4, -0.2) is 43.3 Å². The third-order valence-electron chi connectivity index (χ3n) is 4.02. The summed E-state index contributed by atoms with van der Waals surface area (Å²) in [5.74, 6) is -3.01. The third kappa shape index (κ3) is 8.55. The van der Waals surface area contributed by atoms with Crippen molar-refractivity contribution in [2.24, 2.45) is 0 Å². The first-order chi connectivity index (χ1) is 16.2. The number of benzene rings is 2. The summed E-state index contributed by atoms with van der Waals surface area (Å²) in [6, 6.07) is 12.5. The molecule has 2 aromatic rings.